The van der Waals surface area contributed by atoms with Crippen molar-refractivity contribution in [1.82, 2.24) is 15.0 Å². The fourth-order valence-electron chi connectivity index (χ4n) is 1.46. The standard InChI is InChI=1S/C10H8Cl2N4O2/c11-4-3-8-6-15(14-13-8)10-5-7(12)1-2-9(10)16(17)18/h1-2,5-6H,3-4H2. The van der Waals surface area contributed by atoms with E-state index in [4.69, 9.17) is 23.2 Å². The van der Waals surface area contributed by atoms with Crippen LogP contribution in [0.1, 0.15) is 5.69 Å². The summed E-state index contributed by atoms with van der Waals surface area (Å²) in [7, 11) is 0. The Morgan fingerprint density at radius 1 is 1.44 bits per heavy atom. The Bertz CT molecular complexity index is 585. The Hall–Kier alpha value is -1.66. The van der Waals surface area contributed by atoms with Crippen LogP contribution in [0.4, 0.5) is 5.69 Å². The first-order chi connectivity index (χ1) is 8.61. The average molecular weight is 287 g/mol. The molecule has 1 aromatic heterocycles. The summed E-state index contributed by atoms with van der Waals surface area (Å²) in [5, 5.41) is 19.0. The van der Waals surface area contributed by atoms with Gasteiger partial charge in [0.05, 0.1) is 16.8 Å². The van der Waals surface area contributed by atoms with E-state index in [1.807, 2.05) is 0 Å². The second-order valence-corrected chi connectivity index (χ2v) is 4.30. The lowest BCUT2D eigenvalue weighted by molar-refractivity contribution is -0.384. The average Bonchev–Trinajstić information content (AvgIpc) is 2.77. The maximum atomic E-state index is 10.9. The van der Waals surface area contributed by atoms with Gasteiger partial charge in [-0.25, -0.2) is 4.68 Å². The molecule has 6 nitrogen and oxygen atoms in total. The van der Waals surface area contributed by atoms with Gasteiger partial charge in [0.2, 0.25) is 0 Å². The number of nitro groups is 1. The van der Waals surface area contributed by atoms with Gasteiger partial charge in [-0.1, -0.05) is 16.8 Å². The molecular formula is C10H8Cl2N4O2. The summed E-state index contributed by atoms with van der Waals surface area (Å²) < 4.78 is 1.33. The number of aryl methyl sites for hydroxylation is 1. The Balaban J connectivity index is 2.47. The van der Waals surface area contributed by atoms with Crippen molar-refractivity contribution >= 4 is 28.9 Å². The first-order valence-corrected chi connectivity index (χ1v) is 5.94. The lowest BCUT2D eigenvalue weighted by atomic mass is 10.2. The van der Waals surface area contributed by atoms with E-state index < -0.39 is 4.92 Å². The third-order valence-corrected chi connectivity index (χ3v) is 2.70. The van der Waals surface area contributed by atoms with Gasteiger partial charge in [0.1, 0.15) is 5.69 Å². The van der Waals surface area contributed by atoms with Crippen molar-refractivity contribution < 1.29 is 4.92 Å². The number of rotatable bonds is 4. The molecule has 0 aliphatic carbocycles. The lowest BCUT2D eigenvalue weighted by Gasteiger charge is -2.02. The summed E-state index contributed by atoms with van der Waals surface area (Å²) >= 11 is 11.4. The van der Waals surface area contributed by atoms with Gasteiger partial charge in [-0.2, -0.15) is 0 Å². The molecule has 0 radical (unpaired) electrons. The molecule has 0 aliphatic heterocycles. The molecule has 0 spiro atoms. The van der Waals surface area contributed by atoms with Gasteiger partial charge in [-0.05, 0) is 12.1 Å². The van der Waals surface area contributed by atoms with Gasteiger partial charge in [-0.15, -0.1) is 16.7 Å². The van der Waals surface area contributed by atoms with Crippen LogP contribution in [-0.4, -0.2) is 25.8 Å². The quantitative estimate of drug-likeness (QED) is 0.492. The molecule has 0 atom stereocenters. The highest BCUT2D eigenvalue weighted by atomic mass is 35.5. The molecule has 0 aliphatic rings. The van der Waals surface area contributed by atoms with Crippen molar-refractivity contribution in [2.45, 2.75) is 6.42 Å². The van der Waals surface area contributed by atoms with Crippen LogP contribution in [0.25, 0.3) is 5.69 Å². The zero-order valence-corrected chi connectivity index (χ0v) is 10.6. The minimum Gasteiger partial charge on any atom is -0.258 e. The summed E-state index contributed by atoms with van der Waals surface area (Å²) in [6, 6.07) is 4.26. The first kappa shape index (κ1) is 12.8. The van der Waals surface area contributed by atoms with Gasteiger partial charge in [0.15, 0.2) is 0 Å². The molecule has 1 aromatic carbocycles. The Morgan fingerprint density at radius 2 is 2.22 bits per heavy atom. The van der Waals surface area contributed by atoms with Crippen molar-refractivity contribution in [2.75, 3.05) is 5.88 Å². The minimum atomic E-state index is -0.492. The topological polar surface area (TPSA) is 73.8 Å². The van der Waals surface area contributed by atoms with E-state index in [0.29, 0.717) is 23.0 Å². The Morgan fingerprint density at radius 3 is 2.89 bits per heavy atom. The summed E-state index contributed by atoms with van der Waals surface area (Å²) in [6.07, 6.45) is 2.15. The van der Waals surface area contributed by atoms with Gasteiger partial charge >= 0.3 is 0 Å². The summed E-state index contributed by atoms with van der Waals surface area (Å²) in [5.74, 6) is 0.413. The maximum Gasteiger partial charge on any atom is 0.295 e. The van der Waals surface area contributed by atoms with Crippen LogP contribution in [0.3, 0.4) is 0 Å². The van der Waals surface area contributed by atoms with Crippen molar-refractivity contribution in [2.24, 2.45) is 0 Å². The highest BCUT2D eigenvalue weighted by molar-refractivity contribution is 6.30. The summed E-state index contributed by atoms with van der Waals surface area (Å²) in [4.78, 5) is 10.4. The fraction of sp³-hybridized carbons (Fsp3) is 0.200. The molecule has 0 saturated carbocycles. The molecule has 2 aromatic rings. The molecule has 0 amide bonds. The summed E-state index contributed by atoms with van der Waals surface area (Å²) in [5.41, 5.74) is 0.863. The first-order valence-electron chi connectivity index (χ1n) is 5.03. The van der Waals surface area contributed by atoms with E-state index in [1.54, 1.807) is 6.20 Å². The van der Waals surface area contributed by atoms with Crippen LogP contribution < -0.4 is 0 Å². The molecule has 1 heterocycles. The number of hydrogen-bond acceptors (Lipinski definition) is 4. The predicted molar refractivity (Wildman–Crippen MR) is 67.4 cm³/mol. The van der Waals surface area contributed by atoms with Crippen LogP contribution in [0.5, 0.6) is 0 Å². The molecule has 0 unspecified atom stereocenters. The molecule has 0 bridgehead atoms. The van der Waals surface area contributed by atoms with Crippen molar-refractivity contribution in [1.29, 1.82) is 0 Å². The van der Waals surface area contributed by atoms with Crippen LogP contribution in [-0.2, 0) is 6.42 Å². The van der Waals surface area contributed by atoms with E-state index in [9.17, 15) is 10.1 Å². The van der Waals surface area contributed by atoms with Gasteiger partial charge in [0, 0.05) is 23.4 Å². The third-order valence-electron chi connectivity index (χ3n) is 2.27. The zero-order chi connectivity index (χ0) is 13.1. The van der Waals surface area contributed by atoms with Gasteiger partial charge in [0.25, 0.3) is 5.69 Å². The van der Waals surface area contributed by atoms with Crippen LogP contribution in [0.15, 0.2) is 24.4 Å². The number of hydrogen-bond donors (Lipinski definition) is 0. The highest BCUT2D eigenvalue weighted by Gasteiger charge is 2.17. The largest absolute Gasteiger partial charge is 0.295 e. The van der Waals surface area contributed by atoms with Crippen LogP contribution in [0, 0.1) is 10.1 Å². The second-order valence-electron chi connectivity index (χ2n) is 3.48. The lowest BCUT2D eigenvalue weighted by Crippen LogP contribution is -2.00. The summed E-state index contributed by atoms with van der Waals surface area (Å²) in [6.45, 7) is 0. The smallest absolute Gasteiger partial charge is 0.258 e. The van der Waals surface area contributed by atoms with E-state index in [-0.39, 0.29) is 11.4 Å². The molecule has 94 valence electrons. The van der Waals surface area contributed by atoms with Crippen molar-refractivity contribution in [3.05, 3.63) is 45.2 Å². The molecule has 0 saturated heterocycles. The number of nitrogens with zero attached hydrogens (tertiary/aromatic N) is 4. The third kappa shape index (κ3) is 2.60. The number of alkyl halides is 1. The van der Waals surface area contributed by atoms with Crippen molar-refractivity contribution in [3.63, 3.8) is 0 Å². The number of halogens is 2. The molecule has 0 N–H and O–H groups in total. The van der Waals surface area contributed by atoms with Gasteiger partial charge in [-0.3, -0.25) is 10.1 Å². The SMILES string of the molecule is O=[N+]([O-])c1ccc(Cl)cc1-n1cc(CCCl)nn1. The Labute approximate surface area is 112 Å². The van der Waals surface area contributed by atoms with E-state index in [1.165, 1.54) is 22.9 Å². The zero-order valence-electron chi connectivity index (χ0n) is 9.08. The van der Waals surface area contributed by atoms with Gasteiger partial charge < -0.3 is 0 Å². The molecule has 2 rings (SSSR count). The van der Waals surface area contributed by atoms with Crippen molar-refractivity contribution in [3.8, 4) is 5.69 Å². The number of aromatic nitrogens is 3. The fourth-order valence-corrected chi connectivity index (χ4v) is 1.82. The monoisotopic (exact) mass is 286 g/mol. The van der Waals surface area contributed by atoms with Crippen LogP contribution >= 0.6 is 23.2 Å². The number of benzene rings is 1. The molecular weight excluding hydrogens is 279 g/mol. The minimum absolute atomic E-state index is 0.0817. The number of nitro benzene ring substituents is 1. The van der Waals surface area contributed by atoms with E-state index >= 15 is 0 Å². The maximum absolute atomic E-state index is 10.9. The predicted octanol–water partition coefficient (Wildman–Crippen LogP) is 2.61. The molecule has 8 heteroatoms. The Kier molecular flexibility index (Phi) is 3.78. The van der Waals surface area contributed by atoms with E-state index in [0.717, 1.165) is 0 Å². The second kappa shape index (κ2) is 5.32. The van der Waals surface area contributed by atoms with E-state index in [2.05, 4.69) is 10.3 Å². The highest BCUT2D eigenvalue weighted by Crippen LogP contribution is 2.25. The molecule has 18 heavy (non-hydrogen) atoms. The molecule has 0 fully saturated rings. The normalized spacial score (nSPS) is 10.6. The van der Waals surface area contributed by atoms with Crippen LogP contribution in [0.2, 0.25) is 5.02 Å².